The summed E-state index contributed by atoms with van der Waals surface area (Å²) < 4.78 is 5.48. The van der Waals surface area contributed by atoms with Gasteiger partial charge in [-0.2, -0.15) is 0 Å². The van der Waals surface area contributed by atoms with Gasteiger partial charge in [-0.1, -0.05) is 50.3 Å². The number of benzene rings is 1. The fourth-order valence-corrected chi connectivity index (χ4v) is 4.66. The van der Waals surface area contributed by atoms with Crippen molar-refractivity contribution in [2.24, 2.45) is 17.8 Å². The van der Waals surface area contributed by atoms with E-state index in [1.807, 2.05) is 32.1 Å². The number of rotatable bonds is 5. The van der Waals surface area contributed by atoms with Gasteiger partial charge >= 0.3 is 0 Å². The molecule has 31 heavy (non-hydrogen) atoms. The van der Waals surface area contributed by atoms with Crippen LogP contribution in [0.15, 0.2) is 71.4 Å². The van der Waals surface area contributed by atoms with Gasteiger partial charge in [0.2, 0.25) is 0 Å². The van der Waals surface area contributed by atoms with E-state index in [0.717, 1.165) is 40.0 Å². The maximum absolute atomic E-state index is 11.2. The Bertz CT molecular complexity index is 1000. The van der Waals surface area contributed by atoms with Crippen LogP contribution in [0.1, 0.15) is 32.8 Å². The zero-order chi connectivity index (χ0) is 22.1. The van der Waals surface area contributed by atoms with Crippen LogP contribution in [0.3, 0.4) is 0 Å². The second-order valence-corrected chi connectivity index (χ2v) is 8.52. The highest BCUT2D eigenvalue weighted by Gasteiger charge is 2.33. The molecular formula is C26H31NO4. The predicted octanol–water partition coefficient (Wildman–Crippen LogP) is 4.52. The van der Waals surface area contributed by atoms with E-state index in [9.17, 15) is 15.3 Å². The van der Waals surface area contributed by atoms with E-state index in [4.69, 9.17) is 4.74 Å². The van der Waals surface area contributed by atoms with E-state index in [0.29, 0.717) is 6.61 Å². The Morgan fingerprint density at radius 2 is 2.06 bits per heavy atom. The molecule has 0 saturated heterocycles. The highest BCUT2D eigenvalue weighted by Crippen LogP contribution is 2.46. The number of aliphatic hydroxyl groups is 2. The average molecular weight is 422 g/mol. The first-order valence-electron chi connectivity index (χ1n) is 11.0. The van der Waals surface area contributed by atoms with Crippen LogP contribution in [0.5, 0.6) is 5.75 Å². The van der Waals surface area contributed by atoms with Crippen LogP contribution in [0.4, 0.5) is 5.69 Å². The van der Waals surface area contributed by atoms with Crippen molar-refractivity contribution in [3.8, 4) is 5.75 Å². The van der Waals surface area contributed by atoms with Crippen molar-refractivity contribution >= 4 is 11.3 Å². The first-order chi connectivity index (χ1) is 14.9. The van der Waals surface area contributed by atoms with Gasteiger partial charge in [-0.25, -0.2) is 0 Å². The Hall–Kier alpha value is -2.60. The summed E-state index contributed by atoms with van der Waals surface area (Å²) in [6, 6.07) is 5.16. The van der Waals surface area contributed by atoms with E-state index in [1.165, 1.54) is 0 Å². The van der Waals surface area contributed by atoms with Gasteiger partial charge in [0.1, 0.15) is 5.75 Å². The van der Waals surface area contributed by atoms with Crippen molar-refractivity contribution in [3.05, 3.63) is 76.9 Å². The molecular weight excluding hydrogens is 390 g/mol. The molecule has 4 rings (SSSR count). The molecule has 0 saturated carbocycles. The monoisotopic (exact) mass is 421 g/mol. The fourth-order valence-electron chi connectivity index (χ4n) is 4.66. The first kappa shape index (κ1) is 21.6. The number of ether oxygens (including phenoxy) is 1. The summed E-state index contributed by atoms with van der Waals surface area (Å²) in [5, 5.41) is 35.1. The van der Waals surface area contributed by atoms with Crippen LogP contribution in [0.2, 0.25) is 0 Å². The number of anilines is 1. The van der Waals surface area contributed by atoms with Gasteiger partial charge in [0, 0.05) is 29.3 Å². The van der Waals surface area contributed by atoms with E-state index >= 15 is 0 Å². The van der Waals surface area contributed by atoms with Gasteiger partial charge in [0.15, 0.2) is 12.5 Å². The van der Waals surface area contributed by atoms with E-state index in [2.05, 4.69) is 30.5 Å². The molecule has 5 unspecified atom stereocenters. The third kappa shape index (κ3) is 4.13. The number of aromatic hydroxyl groups is 1. The third-order valence-electron chi connectivity index (χ3n) is 6.36. The minimum absolute atomic E-state index is 0.107. The molecule has 5 nitrogen and oxygen atoms in total. The lowest BCUT2D eigenvalue weighted by atomic mass is 9.76. The summed E-state index contributed by atoms with van der Waals surface area (Å²) in [6.45, 7) is 6.51. The van der Waals surface area contributed by atoms with Crippen molar-refractivity contribution in [1.82, 2.24) is 0 Å². The molecule has 2 aliphatic carbocycles. The zero-order valence-corrected chi connectivity index (χ0v) is 18.2. The number of allylic oxidation sites excluding steroid dienone is 7. The lowest BCUT2D eigenvalue weighted by Gasteiger charge is -2.35. The second-order valence-electron chi connectivity index (χ2n) is 8.52. The van der Waals surface area contributed by atoms with Gasteiger partial charge in [0.05, 0.1) is 0 Å². The van der Waals surface area contributed by atoms with Crippen molar-refractivity contribution in [3.63, 3.8) is 0 Å². The quantitative estimate of drug-likeness (QED) is 0.415. The molecule has 164 valence electrons. The molecule has 5 heteroatoms. The minimum Gasteiger partial charge on any atom is -0.508 e. The lowest BCUT2D eigenvalue weighted by Crippen LogP contribution is -2.32. The van der Waals surface area contributed by atoms with E-state index in [1.54, 1.807) is 18.2 Å². The number of nitrogens with one attached hydrogen (secondary N) is 1. The number of hydrogen-bond donors (Lipinski definition) is 4. The maximum atomic E-state index is 11.2. The molecule has 1 aromatic rings. The van der Waals surface area contributed by atoms with Gasteiger partial charge in [-0.15, -0.1) is 0 Å². The Morgan fingerprint density at radius 1 is 1.26 bits per heavy atom. The molecule has 1 aromatic carbocycles. The first-order valence-corrected chi connectivity index (χ1v) is 11.0. The van der Waals surface area contributed by atoms with Gasteiger partial charge in [-0.05, 0) is 60.1 Å². The molecule has 0 fully saturated rings. The number of fused-ring (bicyclic) bond motifs is 1. The van der Waals surface area contributed by atoms with Crippen molar-refractivity contribution < 1.29 is 20.1 Å². The summed E-state index contributed by atoms with van der Waals surface area (Å²) in [7, 11) is 0. The molecule has 1 aliphatic heterocycles. The van der Waals surface area contributed by atoms with Crippen LogP contribution in [-0.2, 0) is 4.74 Å². The Labute approximate surface area is 183 Å². The fraction of sp³-hybridized carbons (Fsp3) is 0.385. The SMILES string of the molecule is CCOC(O)C1C=C(C2=C(C3=CC=CCC3C)c3cc(O)ccc3NC2O)C=CC1C. The van der Waals surface area contributed by atoms with Crippen LogP contribution in [0, 0.1) is 17.8 Å². The molecule has 5 atom stereocenters. The summed E-state index contributed by atoms with van der Waals surface area (Å²) in [5.74, 6) is 0.339. The van der Waals surface area contributed by atoms with Crippen LogP contribution >= 0.6 is 0 Å². The number of phenolic OH excluding ortho intramolecular Hbond substituents is 1. The van der Waals surface area contributed by atoms with E-state index < -0.39 is 12.5 Å². The molecule has 0 bridgehead atoms. The van der Waals surface area contributed by atoms with Crippen molar-refractivity contribution in [2.75, 3.05) is 11.9 Å². The summed E-state index contributed by atoms with van der Waals surface area (Å²) >= 11 is 0. The predicted molar refractivity (Wildman–Crippen MR) is 123 cm³/mol. The maximum Gasteiger partial charge on any atom is 0.161 e. The van der Waals surface area contributed by atoms with Gasteiger partial charge < -0.3 is 25.4 Å². The molecule has 4 N–H and O–H groups in total. The van der Waals surface area contributed by atoms with Crippen LogP contribution in [-0.4, -0.2) is 34.4 Å². The molecule has 3 aliphatic rings. The average Bonchev–Trinajstić information content (AvgIpc) is 2.74. The smallest absolute Gasteiger partial charge is 0.161 e. The molecule has 0 radical (unpaired) electrons. The summed E-state index contributed by atoms with van der Waals surface area (Å²) in [5.41, 5.74) is 5.32. The van der Waals surface area contributed by atoms with Crippen molar-refractivity contribution in [1.29, 1.82) is 0 Å². The van der Waals surface area contributed by atoms with Crippen molar-refractivity contribution in [2.45, 2.75) is 39.7 Å². The zero-order valence-electron chi connectivity index (χ0n) is 18.2. The highest BCUT2D eigenvalue weighted by atomic mass is 16.6. The molecule has 0 aromatic heterocycles. The molecule has 1 heterocycles. The topological polar surface area (TPSA) is 82.0 Å². The highest BCUT2D eigenvalue weighted by molar-refractivity contribution is 5.94. The molecule has 0 spiro atoms. The lowest BCUT2D eigenvalue weighted by molar-refractivity contribution is -0.126. The van der Waals surface area contributed by atoms with Crippen LogP contribution in [0.25, 0.3) is 5.57 Å². The number of aliphatic hydroxyl groups excluding tert-OH is 2. The Kier molecular flexibility index (Phi) is 6.19. The summed E-state index contributed by atoms with van der Waals surface area (Å²) in [6.07, 6.45) is 11.4. The Morgan fingerprint density at radius 3 is 2.81 bits per heavy atom. The van der Waals surface area contributed by atoms with Gasteiger partial charge in [0.25, 0.3) is 0 Å². The minimum atomic E-state index is -0.916. The summed E-state index contributed by atoms with van der Waals surface area (Å²) in [4.78, 5) is 0. The number of phenols is 1. The van der Waals surface area contributed by atoms with Crippen LogP contribution < -0.4 is 5.32 Å². The third-order valence-corrected chi connectivity index (χ3v) is 6.36. The van der Waals surface area contributed by atoms with E-state index in [-0.39, 0.29) is 23.5 Å². The largest absolute Gasteiger partial charge is 0.508 e. The van der Waals surface area contributed by atoms with Gasteiger partial charge in [-0.3, -0.25) is 0 Å². The second kappa shape index (κ2) is 8.87. The normalized spacial score (nSPS) is 28.5. The number of hydrogen-bond acceptors (Lipinski definition) is 5. The standard InChI is InChI=1S/C26H31NO4/c1-4-31-26(30)20-13-17(10-9-16(20)3)23-24(19-8-6-5-7-15(19)2)21-14-18(28)11-12-22(21)27-25(23)29/h5-6,8-16,20,25-30H,4,7H2,1-3H3. The molecule has 0 amide bonds. The Balaban J connectivity index is 1.92.